The normalized spacial score (nSPS) is 17.3. The Morgan fingerprint density at radius 2 is 2.04 bits per heavy atom. The third kappa shape index (κ3) is 3.67. The van der Waals surface area contributed by atoms with Gasteiger partial charge in [0.15, 0.2) is 4.34 Å². The monoisotopic (exact) mass is 349 g/mol. The van der Waals surface area contributed by atoms with E-state index in [0.717, 1.165) is 34.4 Å². The number of nitrogens with one attached hydrogen (secondary N) is 1. The van der Waals surface area contributed by atoms with Crippen LogP contribution in [-0.2, 0) is 22.4 Å². The van der Waals surface area contributed by atoms with Gasteiger partial charge in [0.1, 0.15) is 5.25 Å². The second kappa shape index (κ2) is 7.31. The van der Waals surface area contributed by atoms with Gasteiger partial charge in [-0.2, -0.15) is 0 Å². The zero-order valence-corrected chi connectivity index (χ0v) is 14.8. The van der Waals surface area contributed by atoms with E-state index >= 15 is 0 Å². The molecule has 2 heterocycles. The molecule has 0 aliphatic carbocycles. The standard InChI is InChI=1S/C16H19N3O2S2/c1-3-10-6-5-7-11(4-2)13(10)17-15-18-19-16(23-15)22-12-8-9-21-14(12)20/h5-7,12H,3-4,8-9H2,1-2H3,(H,17,18). The predicted molar refractivity (Wildman–Crippen MR) is 93.6 cm³/mol. The third-order valence-electron chi connectivity index (χ3n) is 3.77. The highest BCUT2D eigenvalue weighted by Crippen LogP contribution is 2.35. The highest BCUT2D eigenvalue weighted by Gasteiger charge is 2.28. The van der Waals surface area contributed by atoms with E-state index in [1.807, 2.05) is 0 Å². The van der Waals surface area contributed by atoms with Crippen LogP contribution in [0.2, 0.25) is 0 Å². The number of aromatic nitrogens is 2. The van der Waals surface area contributed by atoms with Gasteiger partial charge in [0.25, 0.3) is 0 Å². The van der Waals surface area contributed by atoms with Crippen LogP contribution in [0.3, 0.4) is 0 Å². The van der Waals surface area contributed by atoms with Gasteiger partial charge in [0.05, 0.1) is 6.61 Å². The number of esters is 1. The van der Waals surface area contributed by atoms with Crippen LogP contribution in [0.1, 0.15) is 31.4 Å². The predicted octanol–water partition coefficient (Wildman–Crippen LogP) is 3.81. The van der Waals surface area contributed by atoms with Crippen molar-refractivity contribution < 1.29 is 9.53 Å². The van der Waals surface area contributed by atoms with Gasteiger partial charge < -0.3 is 10.1 Å². The van der Waals surface area contributed by atoms with E-state index in [1.54, 1.807) is 0 Å². The van der Waals surface area contributed by atoms with Gasteiger partial charge in [0, 0.05) is 12.1 Å². The van der Waals surface area contributed by atoms with Gasteiger partial charge in [-0.1, -0.05) is 55.1 Å². The Morgan fingerprint density at radius 3 is 2.65 bits per heavy atom. The van der Waals surface area contributed by atoms with Gasteiger partial charge in [-0.15, -0.1) is 10.2 Å². The first-order valence-electron chi connectivity index (χ1n) is 7.75. The first-order valence-corrected chi connectivity index (χ1v) is 9.45. The molecule has 2 aromatic rings. The number of thioether (sulfide) groups is 1. The van der Waals surface area contributed by atoms with Crippen molar-refractivity contribution in [3.05, 3.63) is 29.3 Å². The topological polar surface area (TPSA) is 64.1 Å². The molecule has 3 rings (SSSR count). The molecule has 1 N–H and O–H groups in total. The number of hydrogen-bond acceptors (Lipinski definition) is 7. The van der Waals surface area contributed by atoms with Gasteiger partial charge in [-0.3, -0.25) is 4.79 Å². The fraction of sp³-hybridized carbons (Fsp3) is 0.438. The zero-order chi connectivity index (χ0) is 16.2. The van der Waals surface area contributed by atoms with Crippen LogP contribution in [0.25, 0.3) is 0 Å². The Bertz CT molecular complexity index is 680. The quantitative estimate of drug-likeness (QED) is 0.800. The average Bonchev–Trinajstić information content (AvgIpc) is 3.17. The first-order chi connectivity index (χ1) is 11.2. The molecule has 23 heavy (non-hydrogen) atoms. The molecule has 7 heteroatoms. The second-order valence-corrected chi connectivity index (χ2v) is 7.65. The van der Waals surface area contributed by atoms with E-state index in [-0.39, 0.29) is 11.2 Å². The number of cyclic esters (lactones) is 1. The van der Waals surface area contributed by atoms with Gasteiger partial charge in [-0.05, 0) is 24.0 Å². The van der Waals surface area contributed by atoms with E-state index in [9.17, 15) is 4.79 Å². The number of carbonyl (C=O) groups excluding carboxylic acids is 1. The van der Waals surface area contributed by atoms with Crippen LogP contribution in [0.15, 0.2) is 22.5 Å². The molecule has 0 radical (unpaired) electrons. The van der Waals surface area contributed by atoms with Crippen molar-refractivity contribution in [2.75, 3.05) is 11.9 Å². The summed E-state index contributed by atoms with van der Waals surface area (Å²) < 4.78 is 5.78. The van der Waals surface area contributed by atoms with Crippen molar-refractivity contribution >= 4 is 39.9 Å². The van der Waals surface area contributed by atoms with Crippen LogP contribution >= 0.6 is 23.1 Å². The number of carbonyl (C=O) groups is 1. The summed E-state index contributed by atoms with van der Waals surface area (Å²) in [5, 5.41) is 12.4. The lowest BCUT2D eigenvalue weighted by Gasteiger charge is -2.13. The fourth-order valence-electron chi connectivity index (χ4n) is 2.52. The molecule has 1 fully saturated rings. The summed E-state index contributed by atoms with van der Waals surface area (Å²) in [5.41, 5.74) is 3.67. The van der Waals surface area contributed by atoms with Crippen LogP contribution in [-0.4, -0.2) is 28.0 Å². The highest BCUT2D eigenvalue weighted by atomic mass is 32.2. The molecule has 1 aliphatic heterocycles. The van der Waals surface area contributed by atoms with Crippen LogP contribution in [0.5, 0.6) is 0 Å². The van der Waals surface area contributed by atoms with Crippen molar-refractivity contribution in [2.24, 2.45) is 0 Å². The minimum atomic E-state index is -0.149. The average molecular weight is 349 g/mol. The second-order valence-electron chi connectivity index (χ2n) is 5.22. The maximum absolute atomic E-state index is 11.5. The smallest absolute Gasteiger partial charge is 0.319 e. The van der Waals surface area contributed by atoms with Crippen molar-refractivity contribution in [2.45, 2.75) is 42.7 Å². The van der Waals surface area contributed by atoms with Gasteiger partial charge in [0.2, 0.25) is 5.13 Å². The molecule has 0 saturated carbocycles. The van der Waals surface area contributed by atoms with Crippen molar-refractivity contribution in [3.8, 4) is 0 Å². The molecule has 1 atom stereocenters. The number of benzene rings is 1. The summed E-state index contributed by atoms with van der Waals surface area (Å²) in [6.45, 7) is 4.80. The number of para-hydroxylation sites is 1. The molecule has 1 saturated heterocycles. The lowest BCUT2D eigenvalue weighted by molar-refractivity contribution is -0.137. The maximum atomic E-state index is 11.5. The molecular formula is C16H19N3O2S2. The third-order valence-corrected chi connectivity index (χ3v) is 5.94. The fourth-order valence-corrected chi connectivity index (χ4v) is 4.49. The Kier molecular flexibility index (Phi) is 5.17. The molecule has 0 spiro atoms. The number of aryl methyl sites for hydroxylation is 2. The summed E-state index contributed by atoms with van der Waals surface area (Å²) >= 11 is 2.92. The molecule has 1 unspecified atom stereocenters. The summed E-state index contributed by atoms with van der Waals surface area (Å²) in [4.78, 5) is 11.5. The lowest BCUT2D eigenvalue weighted by Crippen LogP contribution is -2.08. The van der Waals surface area contributed by atoms with Crippen molar-refractivity contribution in [1.29, 1.82) is 0 Å². The lowest BCUT2D eigenvalue weighted by atomic mass is 10.0. The van der Waals surface area contributed by atoms with Crippen molar-refractivity contribution in [3.63, 3.8) is 0 Å². The SMILES string of the molecule is CCc1cccc(CC)c1Nc1nnc(SC2CCOC2=O)s1. The Hall–Kier alpha value is -1.60. The van der Waals surface area contributed by atoms with Crippen LogP contribution in [0.4, 0.5) is 10.8 Å². The molecule has 0 bridgehead atoms. The molecule has 0 amide bonds. The van der Waals surface area contributed by atoms with E-state index < -0.39 is 0 Å². The number of ether oxygens (including phenoxy) is 1. The van der Waals surface area contributed by atoms with E-state index in [2.05, 4.69) is 47.6 Å². The Balaban J connectivity index is 1.75. The molecule has 5 nitrogen and oxygen atoms in total. The van der Waals surface area contributed by atoms with Crippen LogP contribution < -0.4 is 5.32 Å². The summed E-state index contributed by atoms with van der Waals surface area (Å²) in [7, 11) is 0. The number of nitrogens with zero attached hydrogens (tertiary/aromatic N) is 2. The number of hydrogen-bond donors (Lipinski definition) is 1. The summed E-state index contributed by atoms with van der Waals surface area (Å²) in [6.07, 6.45) is 2.67. The summed E-state index contributed by atoms with van der Waals surface area (Å²) in [6, 6.07) is 6.36. The molecule has 1 aromatic heterocycles. The molecular weight excluding hydrogens is 330 g/mol. The summed E-state index contributed by atoms with van der Waals surface area (Å²) in [5.74, 6) is -0.149. The minimum absolute atomic E-state index is 0.148. The molecule has 1 aromatic carbocycles. The number of anilines is 2. The number of rotatable bonds is 6. The van der Waals surface area contributed by atoms with E-state index in [0.29, 0.717) is 6.61 Å². The molecule has 1 aliphatic rings. The van der Waals surface area contributed by atoms with E-state index in [1.165, 1.54) is 34.2 Å². The highest BCUT2D eigenvalue weighted by molar-refractivity contribution is 8.02. The Morgan fingerprint density at radius 1 is 1.30 bits per heavy atom. The molecule has 122 valence electrons. The first kappa shape index (κ1) is 16.3. The zero-order valence-electron chi connectivity index (χ0n) is 13.2. The maximum Gasteiger partial charge on any atom is 0.319 e. The largest absolute Gasteiger partial charge is 0.465 e. The van der Waals surface area contributed by atoms with Gasteiger partial charge >= 0.3 is 5.97 Å². The van der Waals surface area contributed by atoms with Crippen molar-refractivity contribution in [1.82, 2.24) is 10.2 Å². The van der Waals surface area contributed by atoms with Gasteiger partial charge in [-0.25, -0.2) is 0 Å². The van der Waals surface area contributed by atoms with Crippen LogP contribution in [0, 0.1) is 0 Å². The minimum Gasteiger partial charge on any atom is -0.465 e. The van der Waals surface area contributed by atoms with E-state index in [4.69, 9.17) is 4.74 Å². The Labute approximate surface area is 143 Å².